The maximum absolute atomic E-state index is 12.3. The number of carbonyl (C=O) groups is 1. The van der Waals surface area contributed by atoms with Gasteiger partial charge in [-0.3, -0.25) is 19.5 Å². The van der Waals surface area contributed by atoms with Gasteiger partial charge in [0.1, 0.15) is 0 Å². The van der Waals surface area contributed by atoms with Crippen LogP contribution in [0.25, 0.3) is 17.1 Å². The smallest absolute Gasteiger partial charge is 0.269 e. The topological polar surface area (TPSA) is 115 Å². The van der Waals surface area contributed by atoms with Crippen molar-refractivity contribution in [2.24, 2.45) is 5.10 Å². The fourth-order valence-corrected chi connectivity index (χ4v) is 3.85. The fourth-order valence-electron chi connectivity index (χ4n) is 2.98. The molecule has 1 amide bonds. The Bertz CT molecular complexity index is 1330. The van der Waals surface area contributed by atoms with E-state index in [1.807, 2.05) is 47.0 Å². The number of carbonyl (C=O) groups excluding carboxylic acids is 1. The van der Waals surface area contributed by atoms with Crippen molar-refractivity contribution in [2.75, 3.05) is 5.75 Å². The van der Waals surface area contributed by atoms with Crippen molar-refractivity contribution in [1.29, 1.82) is 0 Å². The summed E-state index contributed by atoms with van der Waals surface area (Å²) in [5.41, 5.74) is 4.75. The Balaban J connectivity index is 1.45. The number of non-ortho nitro benzene ring substituents is 1. The van der Waals surface area contributed by atoms with Gasteiger partial charge >= 0.3 is 0 Å². The molecule has 0 unspecified atom stereocenters. The summed E-state index contributed by atoms with van der Waals surface area (Å²) in [6, 6.07) is 22.7. The molecule has 0 spiro atoms. The van der Waals surface area contributed by atoms with Crippen molar-refractivity contribution in [2.45, 2.75) is 5.16 Å². The predicted octanol–water partition coefficient (Wildman–Crippen LogP) is 4.74. The third-order valence-corrected chi connectivity index (χ3v) is 5.77. The van der Waals surface area contributed by atoms with Gasteiger partial charge in [-0.05, 0) is 54.1 Å². The number of nitrogens with one attached hydrogen (secondary N) is 1. The molecule has 4 aromatic rings. The van der Waals surface area contributed by atoms with Crippen molar-refractivity contribution < 1.29 is 9.72 Å². The average Bonchev–Trinajstić information content (AvgIpc) is 3.28. The Kier molecular flexibility index (Phi) is 7.31. The van der Waals surface area contributed by atoms with E-state index in [9.17, 15) is 14.9 Å². The number of thioether (sulfide) groups is 1. The number of hydrazone groups is 1. The van der Waals surface area contributed by atoms with Gasteiger partial charge in [-0.15, -0.1) is 10.2 Å². The Hall–Kier alpha value is -4.02. The summed E-state index contributed by atoms with van der Waals surface area (Å²) in [6.07, 6.45) is 1.41. The van der Waals surface area contributed by atoms with Gasteiger partial charge in [0.25, 0.3) is 11.6 Å². The van der Waals surface area contributed by atoms with E-state index in [1.54, 1.807) is 24.3 Å². The molecule has 3 aromatic carbocycles. The monoisotopic (exact) mass is 492 g/mol. The van der Waals surface area contributed by atoms with E-state index in [-0.39, 0.29) is 17.3 Å². The highest BCUT2D eigenvalue weighted by Gasteiger charge is 2.17. The van der Waals surface area contributed by atoms with Gasteiger partial charge < -0.3 is 0 Å². The van der Waals surface area contributed by atoms with Crippen LogP contribution in [0.5, 0.6) is 0 Å². The second kappa shape index (κ2) is 10.7. The van der Waals surface area contributed by atoms with Crippen molar-refractivity contribution in [1.82, 2.24) is 20.2 Å². The number of aromatic nitrogens is 3. The number of hydrogen-bond acceptors (Lipinski definition) is 7. The van der Waals surface area contributed by atoms with E-state index in [4.69, 9.17) is 11.6 Å². The second-order valence-electron chi connectivity index (χ2n) is 6.91. The summed E-state index contributed by atoms with van der Waals surface area (Å²) in [5.74, 6) is 0.351. The summed E-state index contributed by atoms with van der Waals surface area (Å²) in [7, 11) is 0. The number of nitro groups is 1. The Morgan fingerprint density at radius 2 is 1.76 bits per heavy atom. The standard InChI is InChI=1S/C23H17ClN6O3S/c24-18-10-8-17(9-11-18)22-27-28-23(29(22)19-4-2-1-3-5-19)34-15-21(31)26-25-14-16-6-12-20(13-7-16)30(32)33/h1-14H,15H2,(H,26,31)/b25-14+. The molecule has 1 aromatic heterocycles. The van der Waals surface area contributed by atoms with Crippen LogP contribution in [0, 0.1) is 10.1 Å². The Morgan fingerprint density at radius 3 is 2.44 bits per heavy atom. The molecule has 0 saturated heterocycles. The van der Waals surface area contributed by atoms with Gasteiger partial charge in [0.2, 0.25) is 0 Å². The summed E-state index contributed by atoms with van der Waals surface area (Å²) in [5, 5.41) is 24.4. The molecule has 4 rings (SSSR count). The highest BCUT2D eigenvalue weighted by Crippen LogP contribution is 2.28. The maximum Gasteiger partial charge on any atom is 0.269 e. The van der Waals surface area contributed by atoms with Gasteiger partial charge in [-0.1, -0.05) is 41.6 Å². The quantitative estimate of drug-likeness (QED) is 0.164. The van der Waals surface area contributed by atoms with Gasteiger partial charge in [0.05, 0.1) is 16.9 Å². The minimum absolute atomic E-state index is 0.0157. The van der Waals surface area contributed by atoms with Crippen molar-refractivity contribution in [3.63, 3.8) is 0 Å². The van der Waals surface area contributed by atoms with Crippen molar-refractivity contribution in [3.8, 4) is 17.1 Å². The number of para-hydroxylation sites is 1. The zero-order valence-corrected chi connectivity index (χ0v) is 19.1. The molecule has 1 N–H and O–H groups in total. The van der Waals surface area contributed by atoms with E-state index in [1.165, 1.54) is 30.1 Å². The van der Waals surface area contributed by atoms with E-state index >= 15 is 0 Å². The summed E-state index contributed by atoms with van der Waals surface area (Å²) in [4.78, 5) is 22.5. The first kappa shape index (κ1) is 23.1. The van der Waals surface area contributed by atoms with E-state index < -0.39 is 4.92 Å². The Morgan fingerprint density at radius 1 is 1.06 bits per heavy atom. The molecule has 0 fully saturated rings. The van der Waals surface area contributed by atoms with E-state index in [0.29, 0.717) is 21.6 Å². The molecule has 170 valence electrons. The summed E-state index contributed by atoms with van der Waals surface area (Å²) >= 11 is 7.24. The lowest BCUT2D eigenvalue weighted by molar-refractivity contribution is -0.384. The second-order valence-corrected chi connectivity index (χ2v) is 8.29. The molecule has 0 atom stereocenters. The number of nitrogens with zero attached hydrogens (tertiary/aromatic N) is 5. The Labute approximate surface area is 203 Å². The van der Waals surface area contributed by atoms with Gasteiger partial charge in [-0.25, -0.2) is 5.43 Å². The molecule has 1 heterocycles. The third-order valence-electron chi connectivity index (χ3n) is 4.59. The van der Waals surface area contributed by atoms with Crippen LogP contribution in [-0.2, 0) is 4.79 Å². The minimum Gasteiger partial charge on any atom is -0.272 e. The maximum atomic E-state index is 12.3. The first-order chi connectivity index (χ1) is 16.5. The van der Waals surface area contributed by atoms with Crippen LogP contribution < -0.4 is 5.43 Å². The molecule has 0 saturated carbocycles. The lowest BCUT2D eigenvalue weighted by Crippen LogP contribution is -2.20. The zero-order valence-electron chi connectivity index (χ0n) is 17.5. The largest absolute Gasteiger partial charge is 0.272 e. The van der Waals surface area contributed by atoms with E-state index in [2.05, 4.69) is 20.7 Å². The lowest BCUT2D eigenvalue weighted by atomic mass is 10.2. The number of hydrogen-bond donors (Lipinski definition) is 1. The van der Waals surface area contributed by atoms with Crippen LogP contribution in [0.15, 0.2) is 89.1 Å². The molecular formula is C23H17ClN6O3S. The van der Waals surface area contributed by atoms with Gasteiger partial charge in [0.15, 0.2) is 11.0 Å². The van der Waals surface area contributed by atoms with Crippen LogP contribution in [-0.4, -0.2) is 37.6 Å². The molecule has 11 heteroatoms. The molecule has 34 heavy (non-hydrogen) atoms. The number of amides is 1. The average molecular weight is 493 g/mol. The van der Waals surface area contributed by atoms with Crippen LogP contribution in [0.3, 0.4) is 0 Å². The first-order valence-corrected chi connectivity index (χ1v) is 11.3. The highest BCUT2D eigenvalue weighted by atomic mass is 35.5. The molecule has 9 nitrogen and oxygen atoms in total. The van der Waals surface area contributed by atoms with E-state index in [0.717, 1.165) is 11.3 Å². The van der Waals surface area contributed by atoms with Crippen molar-refractivity contribution >= 4 is 41.2 Å². The molecule has 0 aliphatic carbocycles. The molecule has 0 radical (unpaired) electrons. The summed E-state index contributed by atoms with van der Waals surface area (Å²) < 4.78 is 1.88. The van der Waals surface area contributed by atoms with Crippen LogP contribution in [0.1, 0.15) is 5.56 Å². The molecule has 0 aliphatic rings. The SMILES string of the molecule is O=C(CSc1nnc(-c2ccc(Cl)cc2)n1-c1ccccc1)N/N=C/c1ccc([N+](=O)[O-])cc1. The molecular weight excluding hydrogens is 476 g/mol. The third kappa shape index (κ3) is 5.66. The molecule has 0 bridgehead atoms. The van der Waals surface area contributed by atoms with Crippen LogP contribution >= 0.6 is 23.4 Å². The lowest BCUT2D eigenvalue weighted by Gasteiger charge is -2.10. The number of nitro benzene ring substituents is 1. The minimum atomic E-state index is -0.480. The number of benzene rings is 3. The fraction of sp³-hybridized carbons (Fsp3) is 0.0435. The normalized spacial score (nSPS) is 11.0. The zero-order chi connectivity index (χ0) is 23.9. The predicted molar refractivity (Wildman–Crippen MR) is 131 cm³/mol. The first-order valence-electron chi connectivity index (χ1n) is 9.97. The van der Waals surface area contributed by atoms with Crippen LogP contribution in [0.4, 0.5) is 5.69 Å². The summed E-state index contributed by atoms with van der Waals surface area (Å²) in [6.45, 7) is 0. The van der Waals surface area contributed by atoms with Gasteiger partial charge in [-0.2, -0.15) is 5.10 Å². The number of halogens is 1. The number of rotatable bonds is 8. The van der Waals surface area contributed by atoms with Crippen molar-refractivity contribution in [3.05, 3.63) is 99.6 Å². The molecule has 0 aliphatic heterocycles. The highest BCUT2D eigenvalue weighted by molar-refractivity contribution is 7.99. The van der Waals surface area contributed by atoms with Gasteiger partial charge in [0, 0.05) is 28.4 Å². The van der Waals surface area contributed by atoms with Crippen LogP contribution in [0.2, 0.25) is 5.02 Å².